The first-order chi connectivity index (χ1) is 12.0. The summed E-state index contributed by atoms with van der Waals surface area (Å²) in [6.07, 6.45) is 1.55. The lowest BCUT2D eigenvalue weighted by atomic mass is 10.1. The molecule has 2 rings (SSSR count). The highest BCUT2D eigenvalue weighted by molar-refractivity contribution is 6.31. The molecule has 6 nitrogen and oxygen atoms in total. The third-order valence-corrected chi connectivity index (χ3v) is 4.23. The van der Waals surface area contributed by atoms with Gasteiger partial charge >= 0.3 is 0 Å². The summed E-state index contributed by atoms with van der Waals surface area (Å²) in [5, 5.41) is 5.30. The maximum absolute atomic E-state index is 12.2. The van der Waals surface area contributed by atoms with Gasteiger partial charge in [-0.15, -0.1) is 0 Å². The standard InChI is InChI=1S/C18H22ClN3O3/c1-13(15-7-3-4-8-16(15)19)20-11-18(24)22(2)12-17(23)21-10-14-6-5-9-25-14/h3-9,13,20H,10-12H2,1-2H3,(H,21,23)/p+1/t13-/m1/s1. The smallest absolute Gasteiger partial charge is 0.277 e. The van der Waals surface area contributed by atoms with E-state index in [1.807, 2.05) is 36.5 Å². The van der Waals surface area contributed by atoms with Gasteiger partial charge in [0.25, 0.3) is 5.91 Å². The monoisotopic (exact) mass is 364 g/mol. The number of carbonyl (C=O) groups is 2. The second-order valence-electron chi connectivity index (χ2n) is 5.86. The van der Waals surface area contributed by atoms with Crippen molar-refractivity contribution in [1.82, 2.24) is 10.2 Å². The van der Waals surface area contributed by atoms with E-state index in [4.69, 9.17) is 16.0 Å². The zero-order chi connectivity index (χ0) is 18.2. The summed E-state index contributed by atoms with van der Waals surface area (Å²) in [5.41, 5.74) is 0.982. The first-order valence-electron chi connectivity index (χ1n) is 8.08. The second kappa shape index (κ2) is 9.25. The number of hydrogen-bond acceptors (Lipinski definition) is 3. The number of nitrogens with two attached hydrogens (primary N) is 1. The molecule has 7 heteroatoms. The molecule has 2 amide bonds. The molecule has 0 bridgehead atoms. The van der Waals surface area contributed by atoms with Crippen molar-refractivity contribution < 1.29 is 19.3 Å². The number of carbonyl (C=O) groups excluding carboxylic acids is 2. The normalized spacial score (nSPS) is 11.8. The highest BCUT2D eigenvalue weighted by Gasteiger charge is 2.18. The van der Waals surface area contributed by atoms with Gasteiger partial charge in [0.2, 0.25) is 5.91 Å². The summed E-state index contributed by atoms with van der Waals surface area (Å²) >= 11 is 6.17. The van der Waals surface area contributed by atoms with Crippen molar-refractivity contribution in [3.05, 3.63) is 59.0 Å². The van der Waals surface area contributed by atoms with Crippen molar-refractivity contribution in [1.29, 1.82) is 0 Å². The number of furan rings is 1. The highest BCUT2D eigenvalue weighted by Crippen LogP contribution is 2.19. The molecule has 1 atom stereocenters. The minimum Gasteiger partial charge on any atom is -0.467 e. The molecule has 0 aliphatic carbocycles. The van der Waals surface area contributed by atoms with Crippen LogP contribution in [0.5, 0.6) is 0 Å². The highest BCUT2D eigenvalue weighted by atomic mass is 35.5. The van der Waals surface area contributed by atoms with Crippen LogP contribution >= 0.6 is 11.6 Å². The number of halogens is 1. The van der Waals surface area contributed by atoms with Gasteiger partial charge in [0, 0.05) is 17.6 Å². The van der Waals surface area contributed by atoms with Crippen molar-refractivity contribution >= 4 is 23.4 Å². The Morgan fingerprint density at radius 2 is 2.04 bits per heavy atom. The van der Waals surface area contributed by atoms with Crippen LogP contribution in [-0.4, -0.2) is 36.9 Å². The Bertz CT molecular complexity index is 703. The van der Waals surface area contributed by atoms with Crippen LogP contribution < -0.4 is 10.6 Å². The Morgan fingerprint density at radius 3 is 2.72 bits per heavy atom. The average Bonchev–Trinajstić information content (AvgIpc) is 3.11. The molecule has 0 aliphatic rings. The van der Waals surface area contributed by atoms with E-state index >= 15 is 0 Å². The first-order valence-corrected chi connectivity index (χ1v) is 8.46. The minimum atomic E-state index is -0.230. The molecule has 2 aromatic rings. The second-order valence-corrected chi connectivity index (χ2v) is 6.26. The minimum absolute atomic E-state index is 0.00779. The Balaban J connectivity index is 1.74. The quantitative estimate of drug-likeness (QED) is 0.741. The molecule has 0 saturated heterocycles. The van der Waals surface area contributed by atoms with Crippen molar-refractivity contribution in [3.8, 4) is 0 Å². The molecule has 134 valence electrons. The number of quaternary nitrogens is 1. The van der Waals surface area contributed by atoms with Crippen molar-refractivity contribution in [2.75, 3.05) is 20.1 Å². The van der Waals surface area contributed by atoms with Crippen LogP contribution in [0.15, 0.2) is 47.1 Å². The predicted molar refractivity (Wildman–Crippen MR) is 94.9 cm³/mol. The maximum atomic E-state index is 12.2. The molecular weight excluding hydrogens is 342 g/mol. The molecular formula is C18H23ClN3O3+. The number of nitrogens with one attached hydrogen (secondary N) is 1. The molecule has 0 saturated carbocycles. The van der Waals surface area contributed by atoms with E-state index in [2.05, 4.69) is 5.32 Å². The van der Waals surface area contributed by atoms with Gasteiger partial charge in [-0.3, -0.25) is 9.59 Å². The average molecular weight is 365 g/mol. The summed E-state index contributed by atoms with van der Waals surface area (Å²) in [5.74, 6) is 0.322. The molecule has 1 aromatic carbocycles. The third kappa shape index (κ3) is 5.92. The lowest BCUT2D eigenvalue weighted by Gasteiger charge is -2.18. The van der Waals surface area contributed by atoms with Crippen LogP contribution in [0.1, 0.15) is 24.3 Å². The number of amides is 2. The summed E-state index contributed by atoms with van der Waals surface area (Å²) in [4.78, 5) is 25.5. The lowest BCUT2D eigenvalue weighted by molar-refractivity contribution is -0.683. The van der Waals surface area contributed by atoms with E-state index in [0.717, 1.165) is 5.56 Å². The molecule has 1 aromatic heterocycles. The molecule has 0 spiro atoms. The Labute approximate surface area is 152 Å². The predicted octanol–water partition coefficient (Wildman–Crippen LogP) is 1.33. The topological polar surface area (TPSA) is 79.2 Å². The molecule has 25 heavy (non-hydrogen) atoms. The summed E-state index contributed by atoms with van der Waals surface area (Å²) in [6.45, 7) is 2.55. The molecule has 1 heterocycles. The van der Waals surface area contributed by atoms with Crippen LogP contribution in [0.2, 0.25) is 5.02 Å². The first kappa shape index (κ1) is 19.0. The Hall–Kier alpha value is -2.31. The van der Waals surface area contributed by atoms with Crippen LogP contribution in [0.4, 0.5) is 0 Å². The molecule has 0 unspecified atom stereocenters. The maximum Gasteiger partial charge on any atom is 0.277 e. The van der Waals surface area contributed by atoms with Gasteiger partial charge in [-0.2, -0.15) is 0 Å². The van der Waals surface area contributed by atoms with Gasteiger partial charge in [-0.05, 0) is 25.1 Å². The zero-order valence-corrected chi connectivity index (χ0v) is 15.1. The van der Waals surface area contributed by atoms with E-state index in [9.17, 15) is 9.59 Å². The van der Waals surface area contributed by atoms with E-state index in [0.29, 0.717) is 17.3 Å². The molecule has 0 aliphatic heterocycles. The summed E-state index contributed by atoms with van der Waals surface area (Å²) in [7, 11) is 1.61. The number of nitrogens with zero attached hydrogens (tertiary/aromatic N) is 1. The molecule has 0 fully saturated rings. The van der Waals surface area contributed by atoms with Gasteiger partial charge in [0.05, 0.1) is 19.4 Å². The van der Waals surface area contributed by atoms with E-state index in [1.54, 1.807) is 25.4 Å². The van der Waals surface area contributed by atoms with E-state index < -0.39 is 0 Å². The SMILES string of the molecule is C[C@@H]([NH2+]CC(=O)N(C)CC(=O)NCc1ccco1)c1ccccc1Cl. The Morgan fingerprint density at radius 1 is 1.28 bits per heavy atom. The third-order valence-electron chi connectivity index (χ3n) is 3.89. The number of benzene rings is 1. The number of hydrogen-bond donors (Lipinski definition) is 2. The van der Waals surface area contributed by atoms with Crippen molar-refractivity contribution in [2.24, 2.45) is 0 Å². The molecule has 3 N–H and O–H groups in total. The Kier molecular flexibility index (Phi) is 7.03. The fourth-order valence-corrected chi connectivity index (χ4v) is 2.67. The number of rotatable bonds is 8. The van der Waals surface area contributed by atoms with Crippen LogP contribution in [0, 0.1) is 0 Å². The largest absolute Gasteiger partial charge is 0.467 e. The van der Waals surface area contributed by atoms with Crippen molar-refractivity contribution in [3.63, 3.8) is 0 Å². The van der Waals surface area contributed by atoms with Gasteiger partial charge in [-0.1, -0.05) is 29.8 Å². The lowest BCUT2D eigenvalue weighted by Crippen LogP contribution is -2.87. The van der Waals surface area contributed by atoms with Crippen LogP contribution in [0.3, 0.4) is 0 Å². The van der Waals surface area contributed by atoms with Crippen LogP contribution in [-0.2, 0) is 16.1 Å². The fourth-order valence-electron chi connectivity index (χ4n) is 2.36. The van der Waals surface area contributed by atoms with Gasteiger partial charge < -0.3 is 20.0 Å². The molecule has 0 radical (unpaired) electrons. The zero-order valence-electron chi connectivity index (χ0n) is 14.4. The van der Waals surface area contributed by atoms with Crippen molar-refractivity contribution in [2.45, 2.75) is 19.5 Å². The van der Waals surface area contributed by atoms with E-state index in [-0.39, 0.29) is 30.9 Å². The van der Waals surface area contributed by atoms with Gasteiger partial charge in [0.15, 0.2) is 6.54 Å². The van der Waals surface area contributed by atoms with E-state index in [1.165, 1.54) is 4.90 Å². The number of likely N-dealkylation sites (N-methyl/N-ethyl adjacent to an activating group) is 1. The summed E-state index contributed by atoms with van der Waals surface area (Å²) < 4.78 is 5.14. The van der Waals surface area contributed by atoms with Gasteiger partial charge in [-0.25, -0.2) is 0 Å². The van der Waals surface area contributed by atoms with Crippen LogP contribution in [0.25, 0.3) is 0 Å². The van der Waals surface area contributed by atoms with Gasteiger partial charge in [0.1, 0.15) is 11.8 Å². The summed E-state index contributed by atoms with van der Waals surface area (Å²) in [6, 6.07) is 11.2. The fraction of sp³-hybridized carbons (Fsp3) is 0.333.